The van der Waals surface area contributed by atoms with Crippen LogP contribution in [0.4, 0.5) is 0 Å². The van der Waals surface area contributed by atoms with Crippen LogP contribution in [-0.4, -0.2) is 0 Å². The Morgan fingerprint density at radius 3 is 2.55 bits per heavy atom. The molecule has 3 aromatic rings. The minimum atomic E-state index is 0.247. The fourth-order valence-electron chi connectivity index (χ4n) is 2.34. The highest BCUT2D eigenvalue weighted by Crippen LogP contribution is 2.40. The van der Waals surface area contributed by atoms with Crippen LogP contribution in [-0.2, 0) is 6.42 Å². The van der Waals surface area contributed by atoms with Crippen LogP contribution in [0.2, 0.25) is 0 Å². The van der Waals surface area contributed by atoms with Crippen LogP contribution >= 0.6 is 43.2 Å². The summed E-state index contributed by atoms with van der Waals surface area (Å²) in [6, 6.07) is 15.3. The molecule has 102 valence electrons. The predicted molar refractivity (Wildman–Crippen MR) is 96.1 cm³/mol. The summed E-state index contributed by atoms with van der Waals surface area (Å²) < 4.78 is 2.49. The van der Waals surface area contributed by atoms with Gasteiger partial charge in [0.2, 0.25) is 0 Å². The first kappa shape index (κ1) is 14.3. The molecule has 0 aliphatic heterocycles. The monoisotopic (exact) mass is 408 g/mol. The molecular weight excluding hydrogens is 396 g/mol. The van der Waals surface area contributed by atoms with Gasteiger partial charge in [0.25, 0.3) is 0 Å². The maximum absolute atomic E-state index is 3.86. The lowest BCUT2D eigenvalue weighted by molar-refractivity contribution is 1.12. The van der Waals surface area contributed by atoms with Crippen molar-refractivity contribution in [1.82, 2.24) is 0 Å². The van der Waals surface area contributed by atoms with Gasteiger partial charge in [-0.3, -0.25) is 0 Å². The summed E-state index contributed by atoms with van der Waals surface area (Å²) in [7, 11) is 0. The number of aryl methyl sites for hydroxylation is 1. The van der Waals surface area contributed by atoms with Crippen molar-refractivity contribution in [3.63, 3.8) is 0 Å². The molecule has 1 heterocycles. The Labute approximate surface area is 140 Å². The Morgan fingerprint density at radius 2 is 1.85 bits per heavy atom. The minimum absolute atomic E-state index is 0.247. The Kier molecular flexibility index (Phi) is 4.29. The number of alkyl halides is 1. The number of halogens is 2. The van der Waals surface area contributed by atoms with E-state index in [4.69, 9.17) is 0 Å². The van der Waals surface area contributed by atoms with Crippen LogP contribution in [0.5, 0.6) is 0 Å². The number of rotatable bonds is 3. The summed E-state index contributed by atoms with van der Waals surface area (Å²) in [5.41, 5.74) is 4.03. The van der Waals surface area contributed by atoms with Crippen molar-refractivity contribution in [2.24, 2.45) is 0 Å². The van der Waals surface area contributed by atoms with Gasteiger partial charge >= 0.3 is 0 Å². The average molecular weight is 410 g/mol. The third-order valence-electron chi connectivity index (χ3n) is 3.54. The molecule has 1 unspecified atom stereocenters. The number of hydrogen-bond donors (Lipinski definition) is 0. The fraction of sp³-hybridized carbons (Fsp3) is 0.176. The van der Waals surface area contributed by atoms with Gasteiger partial charge in [0, 0.05) is 9.17 Å². The molecule has 0 nitrogen and oxygen atoms in total. The SMILES string of the molecule is CCc1ccc(C(Br)c2csc3c(Br)cccc23)cc1. The summed E-state index contributed by atoms with van der Waals surface area (Å²) in [6.07, 6.45) is 1.08. The first-order valence-electron chi connectivity index (χ1n) is 6.59. The molecule has 0 aliphatic carbocycles. The molecule has 3 rings (SSSR count). The van der Waals surface area contributed by atoms with Crippen LogP contribution in [0.25, 0.3) is 10.1 Å². The number of benzene rings is 2. The zero-order valence-corrected chi connectivity index (χ0v) is 15.1. The smallest absolute Gasteiger partial charge is 0.0658 e. The largest absolute Gasteiger partial charge is 0.142 e. The summed E-state index contributed by atoms with van der Waals surface area (Å²) in [6.45, 7) is 2.19. The van der Waals surface area contributed by atoms with Gasteiger partial charge < -0.3 is 0 Å². The van der Waals surface area contributed by atoms with Crippen molar-refractivity contribution in [1.29, 1.82) is 0 Å². The standard InChI is InChI=1S/C17H14Br2S/c1-2-11-6-8-12(9-7-11)16(19)14-10-20-17-13(14)4-3-5-15(17)18/h3-10,16H,2H2,1H3. The summed E-state index contributed by atoms with van der Waals surface area (Å²) >= 11 is 9.28. The number of thiophene rings is 1. The molecule has 0 bridgehead atoms. The van der Waals surface area contributed by atoms with Gasteiger partial charge in [-0.1, -0.05) is 59.3 Å². The second-order valence-electron chi connectivity index (χ2n) is 4.77. The number of fused-ring (bicyclic) bond motifs is 1. The Morgan fingerprint density at radius 1 is 1.10 bits per heavy atom. The molecule has 0 N–H and O–H groups in total. The maximum Gasteiger partial charge on any atom is 0.0658 e. The highest BCUT2D eigenvalue weighted by molar-refractivity contribution is 9.10. The first-order valence-corrected chi connectivity index (χ1v) is 9.18. The van der Waals surface area contributed by atoms with E-state index < -0.39 is 0 Å². The molecule has 0 radical (unpaired) electrons. The molecule has 0 saturated heterocycles. The normalized spacial score (nSPS) is 12.8. The Hall–Kier alpha value is -0.640. The van der Waals surface area contributed by atoms with Crippen LogP contribution < -0.4 is 0 Å². The number of hydrogen-bond acceptors (Lipinski definition) is 1. The van der Waals surface area contributed by atoms with Gasteiger partial charge in [0.05, 0.1) is 4.83 Å². The van der Waals surface area contributed by atoms with Gasteiger partial charge in [0.1, 0.15) is 0 Å². The van der Waals surface area contributed by atoms with E-state index in [0.717, 1.165) is 6.42 Å². The molecule has 0 spiro atoms. The molecule has 0 fully saturated rings. The van der Waals surface area contributed by atoms with E-state index in [1.54, 1.807) is 11.3 Å². The lowest BCUT2D eigenvalue weighted by atomic mass is 10.0. The molecule has 2 aromatic carbocycles. The van der Waals surface area contributed by atoms with Gasteiger partial charge in [0.15, 0.2) is 0 Å². The molecular formula is C17H14Br2S. The molecule has 3 heteroatoms. The van der Waals surface area contributed by atoms with E-state index in [0.29, 0.717) is 0 Å². The zero-order valence-electron chi connectivity index (χ0n) is 11.1. The van der Waals surface area contributed by atoms with Crippen LogP contribution in [0.1, 0.15) is 28.4 Å². The predicted octanol–water partition coefficient (Wildman–Crippen LogP) is 6.71. The average Bonchev–Trinajstić information content (AvgIpc) is 2.92. The quantitative estimate of drug-likeness (QED) is 0.421. The highest BCUT2D eigenvalue weighted by atomic mass is 79.9. The van der Waals surface area contributed by atoms with E-state index >= 15 is 0 Å². The molecule has 0 saturated carbocycles. The van der Waals surface area contributed by atoms with Crippen LogP contribution in [0.3, 0.4) is 0 Å². The summed E-state index contributed by atoms with van der Waals surface area (Å²) in [4.78, 5) is 0.247. The second-order valence-corrected chi connectivity index (χ2v) is 7.41. The van der Waals surface area contributed by atoms with Gasteiger partial charge in [-0.05, 0) is 55.9 Å². The Bertz CT molecular complexity index is 728. The maximum atomic E-state index is 3.86. The highest BCUT2D eigenvalue weighted by Gasteiger charge is 2.15. The van der Waals surface area contributed by atoms with Crippen molar-refractivity contribution >= 4 is 53.3 Å². The molecule has 1 aromatic heterocycles. The molecule has 20 heavy (non-hydrogen) atoms. The molecule has 0 aliphatic rings. The van der Waals surface area contributed by atoms with E-state index in [1.807, 2.05) is 0 Å². The first-order chi connectivity index (χ1) is 9.70. The van der Waals surface area contributed by atoms with Crippen molar-refractivity contribution in [3.8, 4) is 0 Å². The fourth-order valence-corrected chi connectivity index (χ4v) is 4.85. The van der Waals surface area contributed by atoms with E-state index in [2.05, 4.69) is 86.6 Å². The Balaban J connectivity index is 2.03. The van der Waals surface area contributed by atoms with Crippen LogP contribution in [0.15, 0.2) is 52.3 Å². The zero-order chi connectivity index (χ0) is 14.1. The van der Waals surface area contributed by atoms with Gasteiger partial charge in [-0.15, -0.1) is 11.3 Å². The third-order valence-corrected chi connectivity index (χ3v) is 6.53. The third kappa shape index (κ3) is 2.59. The molecule has 1 atom stereocenters. The van der Waals surface area contributed by atoms with E-state index in [9.17, 15) is 0 Å². The second kappa shape index (κ2) is 6.00. The van der Waals surface area contributed by atoms with Crippen molar-refractivity contribution in [3.05, 3.63) is 69.0 Å². The van der Waals surface area contributed by atoms with Gasteiger partial charge in [-0.25, -0.2) is 0 Å². The summed E-state index contributed by atoms with van der Waals surface area (Å²) in [5, 5.41) is 3.58. The van der Waals surface area contributed by atoms with Crippen molar-refractivity contribution in [2.75, 3.05) is 0 Å². The lowest BCUT2D eigenvalue weighted by Crippen LogP contribution is -1.92. The topological polar surface area (TPSA) is 0 Å². The van der Waals surface area contributed by atoms with Crippen molar-refractivity contribution < 1.29 is 0 Å². The summed E-state index contributed by atoms with van der Waals surface area (Å²) in [5.74, 6) is 0. The van der Waals surface area contributed by atoms with E-state index in [-0.39, 0.29) is 4.83 Å². The lowest BCUT2D eigenvalue weighted by Gasteiger charge is -2.10. The van der Waals surface area contributed by atoms with Gasteiger partial charge in [-0.2, -0.15) is 0 Å². The minimum Gasteiger partial charge on any atom is -0.142 e. The molecule has 0 amide bonds. The van der Waals surface area contributed by atoms with E-state index in [1.165, 1.54) is 31.2 Å². The van der Waals surface area contributed by atoms with Crippen LogP contribution in [0, 0.1) is 0 Å². The van der Waals surface area contributed by atoms with Crippen molar-refractivity contribution in [2.45, 2.75) is 18.2 Å².